The molecule has 1 N–H and O–H groups in total. The van der Waals surface area contributed by atoms with Gasteiger partial charge in [0.05, 0.1) is 17.6 Å². The van der Waals surface area contributed by atoms with E-state index in [1.165, 1.54) is 12.8 Å². The van der Waals surface area contributed by atoms with Crippen LogP contribution in [0.5, 0.6) is 0 Å². The number of aliphatic hydroxyl groups excluding tert-OH is 1. The normalized spacial score (nSPS) is 33.1. The number of hydrogen-bond acceptors (Lipinski definition) is 3. The molecule has 0 radical (unpaired) electrons. The SMILES string of the molecule is O=S1(=O)CCC(CC(O)CC2CC2)C1. The van der Waals surface area contributed by atoms with Crippen molar-refractivity contribution in [2.75, 3.05) is 11.5 Å². The van der Waals surface area contributed by atoms with E-state index in [1.54, 1.807) is 0 Å². The highest BCUT2D eigenvalue weighted by atomic mass is 32.2. The van der Waals surface area contributed by atoms with E-state index in [-0.39, 0.29) is 12.0 Å². The summed E-state index contributed by atoms with van der Waals surface area (Å²) in [5.41, 5.74) is 0. The van der Waals surface area contributed by atoms with E-state index >= 15 is 0 Å². The largest absolute Gasteiger partial charge is 0.393 e. The van der Waals surface area contributed by atoms with Gasteiger partial charge in [0.2, 0.25) is 0 Å². The summed E-state index contributed by atoms with van der Waals surface area (Å²) in [7, 11) is -2.77. The van der Waals surface area contributed by atoms with Crippen LogP contribution in [0, 0.1) is 11.8 Å². The lowest BCUT2D eigenvalue weighted by molar-refractivity contribution is 0.131. The van der Waals surface area contributed by atoms with Crippen molar-refractivity contribution in [2.24, 2.45) is 11.8 Å². The van der Waals surface area contributed by atoms with Gasteiger partial charge in [-0.3, -0.25) is 0 Å². The Kier molecular flexibility index (Phi) is 2.84. The van der Waals surface area contributed by atoms with Crippen LogP contribution in [0.25, 0.3) is 0 Å². The highest BCUT2D eigenvalue weighted by Gasteiger charge is 2.31. The van der Waals surface area contributed by atoms with Gasteiger partial charge in [-0.25, -0.2) is 8.42 Å². The average molecular weight is 218 g/mol. The summed E-state index contributed by atoms with van der Waals surface area (Å²) in [4.78, 5) is 0. The maximum absolute atomic E-state index is 11.2. The molecule has 1 aliphatic carbocycles. The molecular formula is C10H18O3S. The smallest absolute Gasteiger partial charge is 0.150 e. The van der Waals surface area contributed by atoms with E-state index < -0.39 is 9.84 Å². The second-order valence-electron chi connectivity index (χ2n) is 4.84. The Labute approximate surface area is 85.4 Å². The van der Waals surface area contributed by atoms with Crippen molar-refractivity contribution in [3.8, 4) is 0 Å². The van der Waals surface area contributed by atoms with Gasteiger partial charge in [-0.1, -0.05) is 12.8 Å². The molecule has 1 saturated carbocycles. The van der Waals surface area contributed by atoms with Crippen molar-refractivity contribution < 1.29 is 13.5 Å². The third kappa shape index (κ3) is 2.95. The first-order chi connectivity index (χ1) is 6.55. The van der Waals surface area contributed by atoms with Crippen molar-refractivity contribution in [3.63, 3.8) is 0 Å². The van der Waals surface area contributed by atoms with Crippen molar-refractivity contribution in [1.29, 1.82) is 0 Å². The minimum absolute atomic E-state index is 0.216. The zero-order valence-electron chi connectivity index (χ0n) is 8.35. The van der Waals surface area contributed by atoms with Crippen LogP contribution in [0.15, 0.2) is 0 Å². The van der Waals surface area contributed by atoms with E-state index in [0.717, 1.165) is 18.8 Å². The quantitative estimate of drug-likeness (QED) is 0.765. The number of sulfone groups is 1. The van der Waals surface area contributed by atoms with E-state index in [9.17, 15) is 13.5 Å². The Morgan fingerprint density at radius 2 is 1.79 bits per heavy atom. The van der Waals surface area contributed by atoms with Crippen molar-refractivity contribution in [2.45, 2.75) is 38.2 Å². The third-order valence-corrected chi connectivity index (χ3v) is 5.07. The van der Waals surface area contributed by atoms with Gasteiger partial charge in [0.25, 0.3) is 0 Å². The molecule has 82 valence electrons. The number of aliphatic hydroxyl groups is 1. The molecule has 2 unspecified atom stereocenters. The van der Waals surface area contributed by atoms with E-state index in [2.05, 4.69) is 0 Å². The number of rotatable bonds is 4. The molecule has 0 aromatic carbocycles. The first-order valence-electron chi connectivity index (χ1n) is 5.43. The average Bonchev–Trinajstić information content (AvgIpc) is 2.78. The van der Waals surface area contributed by atoms with Gasteiger partial charge in [-0.05, 0) is 31.1 Å². The molecule has 4 heteroatoms. The Morgan fingerprint density at radius 1 is 1.14 bits per heavy atom. The van der Waals surface area contributed by atoms with E-state index in [4.69, 9.17) is 0 Å². The molecular weight excluding hydrogens is 200 g/mol. The summed E-state index contributed by atoms with van der Waals surface area (Å²) in [5.74, 6) is 1.57. The highest BCUT2D eigenvalue weighted by Crippen LogP contribution is 2.35. The lowest BCUT2D eigenvalue weighted by atomic mass is 9.98. The molecule has 1 aliphatic heterocycles. The highest BCUT2D eigenvalue weighted by molar-refractivity contribution is 7.91. The van der Waals surface area contributed by atoms with Gasteiger partial charge < -0.3 is 5.11 Å². The molecule has 14 heavy (non-hydrogen) atoms. The topological polar surface area (TPSA) is 54.4 Å². The van der Waals surface area contributed by atoms with Crippen LogP contribution in [-0.2, 0) is 9.84 Å². The monoisotopic (exact) mass is 218 g/mol. The van der Waals surface area contributed by atoms with Crippen LogP contribution in [-0.4, -0.2) is 31.1 Å². The lowest BCUT2D eigenvalue weighted by Crippen LogP contribution is -2.15. The van der Waals surface area contributed by atoms with E-state index in [0.29, 0.717) is 17.9 Å². The van der Waals surface area contributed by atoms with Crippen LogP contribution in [0.1, 0.15) is 32.1 Å². The zero-order chi connectivity index (χ0) is 10.2. The van der Waals surface area contributed by atoms with Gasteiger partial charge in [-0.2, -0.15) is 0 Å². The molecule has 0 amide bonds. The van der Waals surface area contributed by atoms with Crippen LogP contribution in [0.3, 0.4) is 0 Å². The third-order valence-electron chi connectivity index (χ3n) is 3.23. The molecule has 0 aromatic heterocycles. The first kappa shape index (κ1) is 10.4. The van der Waals surface area contributed by atoms with Crippen molar-refractivity contribution in [1.82, 2.24) is 0 Å². The van der Waals surface area contributed by atoms with Crippen molar-refractivity contribution in [3.05, 3.63) is 0 Å². The summed E-state index contributed by atoms with van der Waals surface area (Å²) in [6.45, 7) is 0. The summed E-state index contributed by atoms with van der Waals surface area (Å²) in [6, 6.07) is 0. The molecule has 3 nitrogen and oxygen atoms in total. The van der Waals surface area contributed by atoms with Crippen LogP contribution >= 0.6 is 0 Å². The molecule has 2 atom stereocenters. The fraction of sp³-hybridized carbons (Fsp3) is 1.00. The summed E-state index contributed by atoms with van der Waals surface area (Å²) < 4.78 is 22.4. The maximum Gasteiger partial charge on any atom is 0.150 e. The zero-order valence-corrected chi connectivity index (χ0v) is 9.17. The Morgan fingerprint density at radius 3 is 2.29 bits per heavy atom. The lowest BCUT2D eigenvalue weighted by Gasteiger charge is -2.13. The van der Waals surface area contributed by atoms with Gasteiger partial charge in [0, 0.05) is 0 Å². The van der Waals surface area contributed by atoms with Crippen molar-refractivity contribution >= 4 is 9.84 Å². The second kappa shape index (κ2) is 3.81. The van der Waals surface area contributed by atoms with Crippen LogP contribution < -0.4 is 0 Å². The fourth-order valence-corrected chi connectivity index (χ4v) is 4.16. The summed E-state index contributed by atoms with van der Waals surface area (Å²) in [6.07, 6.45) is 4.57. The van der Waals surface area contributed by atoms with Crippen LogP contribution in [0.4, 0.5) is 0 Å². The molecule has 0 bridgehead atoms. The van der Waals surface area contributed by atoms with Gasteiger partial charge in [-0.15, -0.1) is 0 Å². The summed E-state index contributed by atoms with van der Waals surface area (Å²) >= 11 is 0. The Hall–Kier alpha value is -0.0900. The minimum Gasteiger partial charge on any atom is -0.393 e. The molecule has 2 fully saturated rings. The molecule has 1 heterocycles. The molecule has 1 saturated heterocycles. The minimum atomic E-state index is -2.77. The standard InChI is InChI=1S/C10H18O3S/c11-10(5-8-1-2-8)6-9-3-4-14(12,13)7-9/h8-11H,1-7H2. The summed E-state index contributed by atoms with van der Waals surface area (Å²) in [5, 5.41) is 9.70. The van der Waals surface area contributed by atoms with Crippen LogP contribution in [0.2, 0.25) is 0 Å². The fourth-order valence-electron chi connectivity index (χ4n) is 2.28. The molecule has 0 spiro atoms. The molecule has 2 aliphatic rings. The maximum atomic E-state index is 11.2. The van der Waals surface area contributed by atoms with E-state index in [1.807, 2.05) is 0 Å². The first-order valence-corrected chi connectivity index (χ1v) is 7.26. The Balaban J connectivity index is 1.74. The predicted molar refractivity (Wildman–Crippen MR) is 54.7 cm³/mol. The van der Waals surface area contributed by atoms with Gasteiger partial charge in [0.1, 0.15) is 0 Å². The Bertz CT molecular complexity index is 292. The van der Waals surface area contributed by atoms with Gasteiger partial charge >= 0.3 is 0 Å². The number of hydrogen-bond donors (Lipinski definition) is 1. The molecule has 0 aromatic rings. The molecule has 2 rings (SSSR count). The second-order valence-corrected chi connectivity index (χ2v) is 7.07. The predicted octanol–water partition coefficient (Wildman–Crippen LogP) is 0.972. The van der Waals surface area contributed by atoms with Gasteiger partial charge in [0.15, 0.2) is 9.84 Å².